The molecule has 19 nitrogen and oxygen atoms in total. The van der Waals surface area contributed by atoms with Crippen LogP contribution in [0.15, 0.2) is 47.6 Å². The molecule has 1 aromatic rings. The highest BCUT2D eigenvalue weighted by atomic mass is 16.5. The van der Waals surface area contributed by atoms with Gasteiger partial charge in [0.25, 0.3) is 11.8 Å². The summed E-state index contributed by atoms with van der Waals surface area (Å²) in [6.07, 6.45) is 2.34. The second-order valence-corrected chi connectivity index (χ2v) is 20.5. The van der Waals surface area contributed by atoms with E-state index in [0.29, 0.717) is 62.9 Å². The molecule has 2 heterocycles. The van der Waals surface area contributed by atoms with Gasteiger partial charge in [-0.3, -0.25) is 48.2 Å². The van der Waals surface area contributed by atoms with E-state index in [4.69, 9.17) is 4.74 Å². The van der Waals surface area contributed by atoms with E-state index in [9.17, 15) is 48.6 Å². The molecule has 402 valence electrons. The van der Waals surface area contributed by atoms with E-state index in [0.717, 1.165) is 4.90 Å². The molecule has 0 spiro atoms. The fourth-order valence-electron chi connectivity index (χ4n) is 9.54. The number of nitrogens with one attached hydrogen (secondary N) is 3. The van der Waals surface area contributed by atoms with E-state index in [1.165, 1.54) is 22.0 Å². The van der Waals surface area contributed by atoms with Gasteiger partial charge < -0.3 is 35.4 Å². The van der Waals surface area contributed by atoms with Gasteiger partial charge in [-0.1, -0.05) is 91.6 Å². The number of hydrazone groups is 1. The van der Waals surface area contributed by atoms with E-state index in [2.05, 4.69) is 21.2 Å². The third-order valence-corrected chi connectivity index (χ3v) is 13.9. The highest BCUT2D eigenvalue weighted by molar-refractivity contribution is 6.12. The zero-order valence-electron chi connectivity index (χ0n) is 44.8. The fraction of sp³-hybridized carbons (Fsp3) is 0.679. The van der Waals surface area contributed by atoms with Crippen molar-refractivity contribution in [2.45, 2.75) is 175 Å². The van der Waals surface area contributed by atoms with Crippen LogP contribution in [-0.2, 0) is 43.1 Å². The molecule has 1 saturated heterocycles. The number of hydrogen-bond donors (Lipinski definition) is 5. The monoisotopic (exact) mass is 1010 g/mol. The number of benzene rings is 1. The average Bonchev–Trinajstić information content (AvgIpc) is 3.95. The van der Waals surface area contributed by atoms with Crippen LogP contribution in [0, 0.1) is 23.7 Å². The van der Waals surface area contributed by atoms with Crippen LogP contribution in [0.1, 0.15) is 138 Å². The Bertz CT molecular complexity index is 2040. The molecule has 0 aromatic heterocycles. The number of nitrogens with zero attached hydrogens (tertiary/aromatic N) is 5. The minimum absolute atomic E-state index is 0.0120. The summed E-state index contributed by atoms with van der Waals surface area (Å²) in [5.74, 6) is -4.63. The Balaban J connectivity index is 1.60. The van der Waals surface area contributed by atoms with E-state index >= 15 is 0 Å². The lowest BCUT2D eigenvalue weighted by Gasteiger charge is -2.40. The number of carbonyl (C=O) groups is 8. The van der Waals surface area contributed by atoms with Crippen molar-refractivity contribution >= 4 is 53.0 Å². The molecule has 72 heavy (non-hydrogen) atoms. The number of likely N-dealkylation sites (tertiary alicyclic amines) is 1. The second kappa shape index (κ2) is 29.2. The van der Waals surface area contributed by atoms with Gasteiger partial charge in [0.05, 0.1) is 55.1 Å². The standard InChI is InChI=1S/C53H84N8O11/c1-13-34(6)48(59(12)53(71)46(32(2)3)55-52(70)47(33(4)5)58(10)11)40(62)31-44(66)60-30-20-23-39(60)49(68)36(8)51(69)54-37(9)50(38-21-16-14-17-22-38)72-45(67)28-25-35(7)56-57-41(63)24-18-15-19-29-61-42(64)26-27-43(61)65/h14,16-17,21-22,26-27,32-34,36-37,39-40,46-50,62,68H,13,15,18-20,23-25,28-31H2,1-12H3,(H,54,69)(H,55,70)(H,57,63)/b56-35+/t34-,36+,37+,39-,40+,46-,47-,48-,49+,50+/m0/s1. The van der Waals surface area contributed by atoms with Crippen molar-refractivity contribution in [3.63, 3.8) is 0 Å². The van der Waals surface area contributed by atoms with Crippen LogP contribution >= 0.6 is 0 Å². The molecule has 0 aliphatic carbocycles. The molecule has 2 aliphatic rings. The van der Waals surface area contributed by atoms with E-state index in [1.54, 1.807) is 52.1 Å². The van der Waals surface area contributed by atoms with Crippen molar-refractivity contribution in [1.29, 1.82) is 0 Å². The summed E-state index contributed by atoms with van der Waals surface area (Å²) >= 11 is 0. The number of esters is 1. The quantitative estimate of drug-likeness (QED) is 0.0253. The summed E-state index contributed by atoms with van der Waals surface area (Å²) in [5, 5.41) is 33.5. The lowest BCUT2D eigenvalue weighted by Crippen LogP contribution is -2.59. The summed E-state index contributed by atoms with van der Waals surface area (Å²) in [6, 6.07) is 5.34. The third kappa shape index (κ3) is 17.6. The van der Waals surface area contributed by atoms with Crippen LogP contribution in [0.3, 0.4) is 0 Å². The van der Waals surface area contributed by atoms with Crippen LogP contribution in [0.25, 0.3) is 0 Å². The minimum atomic E-state index is -1.28. The maximum atomic E-state index is 14.2. The molecule has 3 rings (SSSR count). The number of amides is 7. The largest absolute Gasteiger partial charge is 0.455 e. The first-order chi connectivity index (χ1) is 33.9. The molecule has 5 N–H and O–H groups in total. The molecular weight excluding hydrogens is 925 g/mol. The number of unbranched alkanes of at least 4 members (excludes halogenated alkanes) is 2. The molecule has 10 atom stereocenters. The number of ether oxygens (including phenoxy) is 1. The highest BCUT2D eigenvalue weighted by Gasteiger charge is 2.42. The van der Waals surface area contributed by atoms with Crippen molar-refractivity contribution in [2.24, 2.45) is 28.8 Å². The smallest absolute Gasteiger partial charge is 0.306 e. The van der Waals surface area contributed by atoms with Crippen LogP contribution in [0.2, 0.25) is 0 Å². The predicted octanol–water partition coefficient (Wildman–Crippen LogP) is 3.87. The number of carbonyl (C=O) groups excluding carboxylic acids is 8. The Morgan fingerprint density at radius 3 is 2.06 bits per heavy atom. The van der Waals surface area contributed by atoms with Crippen LogP contribution in [-0.4, -0.2) is 159 Å². The lowest BCUT2D eigenvalue weighted by atomic mass is 9.89. The highest BCUT2D eigenvalue weighted by Crippen LogP contribution is 2.29. The first kappa shape index (κ1) is 60.8. The fourth-order valence-corrected chi connectivity index (χ4v) is 9.54. The van der Waals surface area contributed by atoms with Crippen molar-refractivity contribution in [3.8, 4) is 0 Å². The van der Waals surface area contributed by atoms with Gasteiger partial charge in [0.15, 0.2) is 0 Å². The Labute approximate surface area is 426 Å². The van der Waals surface area contributed by atoms with Crippen LogP contribution in [0.5, 0.6) is 0 Å². The summed E-state index contributed by atoms with van der Waals surface area (Å²) < 4.78 is 5.94. The van der Waals surface area contributed by atoms with E-state index < -0.39 is 72.2 Å². The Morgan fingerprint density at radius 1 is 0.833 bits per heavy atom. The zero-order chi connectivity index (χ0) is 54.0. The number of aliphatic hydroxyl groups is 2. The topological polar surface area (TPSA) is 248 Å². The third-order valence-electron chi connectivity index (χ3n) is 13.9. The number of imide groups is 1. The van der Waals surface area contributed by atoms with Gasteiger partial charge in [-0.15, -0.1) is 0 Å². The van der Waals surface area contributed by atoms with Crippen LogP contribution in [0.4, 0.5) is 0 Å². The van der Waals surface area contributed by atoms with Gasteiger partial charge in [-0.05, 0) is 83.4 Å². The molecule has 1 fully saturated rings. The summed E-state index contributed by atoms with van der Waals surface area (Å²) in [6.45, 7) is 16.9. The Morgan fingerprint density at radius 2 is 1.47 bits per heavy atom. The maximum Gasteiger partial charge on any atom is 0.306 e. The molecule has 1 aromatic carbocycles. The van der Waals surface area contributed by atoms with Gasteiger partial charge in [0.1, 0.15) is 12.1 Å². The number of likely N-dealkylation sites (N-methyl/N-ethyl adjacent to an activating group) is 2. The SMILES string of the molecule is CC[C@H](C)[C@@H]([C@H](O)CC(=O)N1CCC[C@H]1[C@H](O)[C@@H](C)C(=O)N[C@H](C)[C@@H](OC(=O)CC/C(C)=N/NC(=O)CCCCCN1C(=O)C=CC1=O)c1ccccc1)N(C)C(=O)[C@@H](NC(=O)[C@H](C(C)C)N(C)C)C(C)C. The van der Waals surface area contributed by atoms with E-state index in [1.807, 2.05) is 66.6 Å². The number of aliphatic hydroxyl groups excluding tert-OH is 2. The van der Waals surface area contributed by atoms with E-state index in [-0.39, 0.29) is 73.0 Å². The van der Waals surface area contributed by atoms with Crippen molar-refractivity contribution in [3.05, 3.63) is 48.0 Å². The van der Waals surface area contributed by atoms with Gasteiger partial charge in [0, 0.05) is 44.4 Å². The van der Waals surface area contributed by atoms with Gasteiger partial charge >= 0.3 is 5.97 Å². The molecule has 0 radical (unpaired) electrons. The summed E-state index contributed by atoms with van der Waals surface area (Å²) in [4.78, 5) is 110. The van der Waals surface area contributed by atoms with Crippen molar-refractivity contribution < 1.29 is 53.3 Å². The summed E-state index contributed by atoms with van der Waals surface area (Å²) in [7, 11) is 5.22. The van der Waals surface area contributed by atoms with Gasteiger partial charge in [-0.2, -0.15) is 5.10 Å². The number of hydrogen-bond acceptors (Lipinski definition) is 13. The first-order valence-electron chi connectivity index (χ1n) is 25.7. The molecule has 0 saturated carbocycles. The van der Waals surface area contributed by atoms with Crippen molar-refractivity contribution in [1.82, 2.24) is 35.7 Å². The van der Waals surface area contributed by atoms with Crippen molar-refractivity contribution in [2.75, 3.05) is 34.2 Å². The molecule has 2 aliphatic heterocycles. The second-order valence-electron chi connectivity index (χ2n) is 20.5. The Kier molecular flexibility index (Phi) is 24.7. The van der Waals surface area contributed by atoms with Gasteiger partial charge in [0.2, 0.25) is 29.5 Å². The normalized spacial score (nSPS) is 18.8. The lowest BCUT2D eigenvalue weighted by molar-refractivity contribution is -0.152. The summed E-state index contributed by atoms with van der Waals surface area (Å²) in [5.41, 5.74) is 3.61. The molecule has 0 unspecified atom stereocenters. The molecule has 19 heteroatoms. The molecule has 0 bridgehead atoms. The maximum absolute atomic E-state index is 14.2. The zero-order valence-corrected chi connectivity index (χ0v) is 44.8. The van der Waals surface area contributed by atoms with Gasteiger partial charge in [-0.25, -0.2) is 5.43 Å². The predicted molar refractivity (Wildman–Crippen MR) is 273 cm³/mol. The Hall–Kier alpha value is -5.53. The first-order valence-corrected chi connectivity index (χ1v) is 25.7. The minimum Gasteiger partial charge on any atom is -0.455 e. The molecular formula is C53H84N8O11. The molecule has 7 amide bonds. The average molecular weight is 1010 g/mol. The number of rotatable bonds is 29. The van der Waals surface area contributed by atoms with Crippen LogP contribution < -0.4 is 16.1 Å².